The summed E-state index contributed by atoms with van der Waals surface area (Å²) in [5.74, 6) is 0. The third-order valence-corrected chi connectivity index (χ3v) is 3.11. The molecule has 1 heterocycles. The van der Waals surface area contributed by atoms with Gasteiger partial charge in [0.1, 0.15) is 0 Å². The summed E-state index contributed by atoms with van der Waals surface area (Å²) in [6.07, 6.45) is -0.148. The molecule has 0 aromatic heterocycles. The van der Waals surface area contributed by atoms with E-state index in [9.17, 15) is 4.57 Å². The molecule has 12 heavy (non-hydrogen) atoms. The minimum absolute atomic E-state index is 0.148. The van der Waals surface area contributed by atoms with Crippen molar-refractivity contribution in [2.45, 2.75) is 39.4 Å². The number of phosphoric ester groups is 1. The van der Waals surface area contributed by atoms with Crippen molar-refractivity contribution < 1.29 is 18.1 Å². The summed E-state index contributed by atoms with van der Waals surface area (Å²) in [6.45, 7) is 7.53. The average Bonchev–Trinajstić information content (AvgIpc) is 2.03. The molecule has 4 nitrogen and oxygen atoms in total. The average molecular weight is 194 g/mol. The lowest BCUT2D eigenvalue weighted by atomic mass is 10.2. The van der Waals surface area contributed by atoms with Crippen LogP contribution in [0.3, 0.4) is 0 Å². The maximum absolute atomic E-state index is 11.6. The van der Waals surface area contributed by atoms with Crippen molar-refractivity contribution in [3.8, 4) is 0 Å². The molecule has 1 rings (SSSR count). The summed E-state index contributed by atoms with van der Waals surface area (Å²) < 4.78 is 26.8. The van der Waals surface area contributed by atoms with Gasteiger partial charge >= 0.3 is 7.82 Å². The van der Waals surface area contributed by atoms with Crippen molar-refractivity contribution in [2.75, 3.05) is 6.61 Å². The summed E-state index contributed by atoms with van der Waals surface area (Å²) in [5.41, 5.74) is -0.496. The summed E-state index contributed by atoms with van der Waals surface area (Å²) in [7, 11) is -3.25. The second-order valence-electron chi connectivity index (χ2n) is 3.73. The Kier molecular flexibility index (Phi) is 2.64. The van der Waals surface area contributed by atoms with E-state index < -0.39 is 13.4 Å². The smallest absolute Gasteiger partial charge is 0.284 e. The Morgan fingerprint density at radius 2 is 2.08 bits per heavy atom. The minimum Gasteiger partial charge on any atom is -0.284 e. The van der Waals surface area contributed by atoms with Crippen LogP contribution >= 0.6 is 7.82 Å². The van der Waals surface area contributed by atoms with Crippen molar-refractivity contribution in [1.82, 2.24) is 0 Å². The van der Waals surface area contributed by atoms with Crippen molar-refractivity contribution in [1.29, 1.82) is 0 Å². The fraction of sp³-hybridized carbons (Fsp3) is 1.00. The first-order chi connectivity index (χ1) is 5.33. The molecule has 1 saturated heterocycles. The van der Waals surface area contributed by atoms with Gasteiger partial charge in [-0.05, 0) is 27.7 Å². The minimum atomic E-state index is -3.25. The third kappa shape index (κ3) is 2.56. The maximum Gasteiger partial charge on any atom is 0.475 e. The van der Waals surface area contributed by atoms with Crippen LogP contribution in [0, 0.1) is 0 Å². The Hall–Kier alpha value is 0.110. The monoisotopic (exact) mass is 194 g/mol. The molecule has 0 radical (unpaired) electrons. The molecule has 1 atom stereocenters. The summed E-state index contributed by atoms with van der Waals surface area (Å²) in [5, 5.41) is 0. The van der Waals surface area contributed by atoms with Crippen LogP contribution in [-0.4, -0.2) is 18.3 Å². The molecule has 0 aromatic carbocycles. The van der Waals surface area contributed by atoms with Gasteiger partial charge in [0.15, 0.2) is 0 Å². The summed E-state index contributed by atoms with van der Waals surface area (Å²) in [4.78, 5) is 0. The summed E-state index contributed by atoms with van der Waals surface area (Å²) in [6, 6.07) is 0. The van der Waals surface area contributed by atoms with E-state index in [1.807, 2.05) is 13.8 Å². The fourth-order valence-electron chi connectivity index (χ4n) is 0.900. The molecular formula is C7H15O4P. The van der Waals surface area contributed by atoms with Crippen LogP contribution in [0.2, 0.25) is 0 Å². The SMILES string of the molecule is CC(C)OP1(=O)OCC(C)(C)O1. The first-order valence-corrected chi connectivity index (χ1v) is 5.43. The zero-order valence-electron chi connectivity index (χ0n) is 7.86. The van der Waals surface area contributed by atoms with Crippen molar-refractivity contribution in [2.24, 2.45) is 0 Å². The maximum atomic E-state index is 11.6. The molecule has 0 aliphatic carbocycles. The molecule has 0 N–H and O–H groups in total. The van der Waals surface area contributed by atoms with Gasteiger partial charge in [-0.2, -0.15) is 0 Å². The van der Waals surface area contributed by atoms with Crippen LogP contribution in [0.5, 0.6) is 0 Å². The van der Waals surface area contributed by atoms with Gasteiger partial charge in [-0.1, -0.05) is 0 Å². The molecular weight excluding hydrogens is 179 g/mol. The van der Waals surface area contributed by atoms with Gasteiger partial charge in [0.05, 0.1) is 18.3 Å². The van der Waals surface area contributed by atoms with E-state index in [4.69, 9.17) is 13.6 Å². The van der Waals surface area contributed by atoms with Gasteiger partial charge in [-0.3, -0.25) is 13.6 Å². The van der Waals surface area contributed by atoms with Crippen LogP contribution in [0.1, 0.15) is 27.7 Å². The zero-order chi connectivity index (χ0) is 9.41. The standard InChI is InChI=1S/C7H15O4P/c1-6(2)10-12(8)9-5-7(3,4)11-12/h6H,5H2,1-4H3. The third-order valence-electron chi connectivity index (χ3n) is 1.27. The van der Waals surface area contributed by atoms with Gasteiger partial charge in [0.2, 0.25) is 0 Å². The van der Waals surface area contributed by atoms with Crippen LogP contribution in [0.15, 0.2) is 0 Å². The van der Waals surface area contributed by atoms with E-state index in [0.717, 1.165) is 0 Å². The molecule has 0 spiro atoms. The van der Waals surface area contributed by atoms with E-state index in [1.54, 1.807) is 13.8 Å². The number of hydrogen-bond acceptors (Lipinski definition) is 4. The molecule has 5 heteroatoms. The predicted octanol–water partition coefficient (Wildman–Crippen LogP) is 2.34. The van der Waals surface area contributed by atoms with Gasteiger partial charge in [-0.15, -0.1) is 0 Å². The van der Waals surface area contributed by atoms with Gasteiger partial charge < -0.3 is 0 Å². The zero-order valence-corrected chi connectivity index (χ0v) is 8.76. The predicted molar refractivity (Wildman–Crippen MR) is 44.9 cm³/mol. The molecule has 1 fully saturated rings. The topological polar surface area (TPSA) is 44.8 Å². The molecule has 0 aromatic rings. The van der Waals surface area contributed by atoms with Crippen LogP contribution < -0.4 is 0 Å². The highest BCUT2D eigenvalue weighted by Crippen LogP contribution is 2.58. The molecule has 1 unspecified atom stereocenters. The Morgan fingerprint density at radius 1 is 1.50 bits per heavy atom. The largest absolute Gasteiger partial charge is 0.475 e. The van der Waals surface area contributed by atoms with E-state index >= 15 is 0 Å². The van der Waals surface area contributed by atoms with Gasteiger partial charge in [-0.25, -0.2) is 4.57 Å². The first kappa shape index (κ1) is 10.2. The van der Waals surface area contributed by atoms with Crippen LogP contribution in [-0.2, 0) is 18.1 Å². The number of phosphoric acid groups is 1. The van der Waals surface area contributed by atoms with E-state index in [2.05, 4.69) is 0 Å². The Morgan fingerprint density at radius 3 is 2.42 bits per heavy atom. The second kappa shape index (κ2) is 3.11. The van der Waals surface area contributed by atoms with Crippen molar-refractivity contribution in [3.63, 3.8) is 0 Å². The van der Waals surface area contributed by atoms with Crippen LogP contribution in [0.4, 0.5) is 0 Å². The Balaban J connectivity index is 2.59. The molecule has 1 aliphatic heterocycles. The Bertz CT molecular complexity index is 211. The molecule has 0 amide bonds. The van der Waals surface area contributed by atoms with Crippen molar-refractivity contribution in [3.05, 3.63) is 0 Å². The van der Waals surface area contributed by atoms with Gasteiger partial charge in [0.25, 0.3) is 0 Å². The van der Waals surface area contributed by atoms with E-state index in [1.165, 1.54) is 0 Å². The highest BCUT2D eigenvalue weighted by atomic mass is 31.2. The number of rotatable bonds is 2. The fourth-order valence-corrected chi connectivity index (χ4v) is 2.70. The first-order valence-electron chi connectivity index (χ1n) is 3.97. The highest BCUT2D eigenvalue weighted by Gasteiger charge is 2.44. The summed E-state index contributed by atoms with van der Waals surface area (Å²) >= 11 is 0. The molecule has 1 aliphatic rings. The van der Waals surface area contributed by atoms with Crippen LogP contribution in [0.25, 0.3) is 0 Å². The normalized spacial score (nSPS) is 34.4. The van der Waals surface area contributed by atoms with E-state index in [-0.39, 0.29) is 6.10 Å². The lowest BCUT2D eigenvalue weighted by molar-refractivity contribution is 0.105. The van der Waals surface area contributed by atoms with E-state index in [0.29, 0.717) is 6.61 Å². The quantitative estimate of drug-likeness (QED) is 0.633. The van der Waals surface area contributed by atoms with Gasteiger partial charge in [0, 0.05) is 0 Å². The van der Waals surface area contributed by atoms with Crippen molar-refractivity contribution >= 4 is 7.82 Å². The number of hydrogen-bond donors (Lipinski definition) is 0. The molecule has 0 saturated carbocycles. The highest BCUT2D eigenvalue weighted by molar-refractivity contribution is 7.48. The lowest BCUT2D eigenvalue weighted by Gasteiger charge is -2.16. The lowest BCUT2D eigenvalue weighted by Crippen LogP contribution is -2.20. The molecule has 0 bridgehead atoms. The second-order valence-corrected chi connectivity index (χ2v) is 5.27. The molecule has 72 valence electrons. The Labute approximate surface area is 72.8 Å².